The lowest BCUT2D eigenvalue weighted by Crippen LogP contribution is -2.32. The second kappa shape index (κ2) is 15.6. The second-order valence-corrected chi connectivity index (χ2v) is 22.4. The van der Waals surface area contributed by atoms with Gasteiger partial charge in [0.1, 0.15) is 11.5 Å². The Bertz CT molecular complexity index is 1900. The van der Waals surface area contributed by atoms with Crippen LogP contribution < -0.4 is 9.80 Å². The highest BCUT2D eigenvalue weighted by Gasteiger charge is 2.30. The molecule has 2 fully saturated rings. The third kappa shape index (κ3) is 8.83. The SMILES string of the molecule is CC(C)(C)c1cc2c(O)c(c1)Cc1cc(C(C)(C)C)cc(c1N1CCCCC1)Cc1cc(C(C)(C)C)cc(c1O)Cc1cc(C(C)(C)C)cc(c1N1CCCCC1)C2. The fourth-order valence-electron chi connectivity index (χ4n) is 9.72. The largest absolute Gasteiger partial charge is 0.507 e. The summed E-state index contributed by atoms with van der Waals surface area (Å²) in [4.78, 5) is 5.26. The van der Waals surface area contributed by atoms with Gasteiger partial charge in [0, 0.05) is 63.2 Å². The molecule has 8 bridgehead atoms. The van der Waals surface area contributed by atoms with E-state index in [1.54, 1.807) is 0 Å². The Labute approximate surface area is 352 Å². The smallest absolute Gasteiger partial charge is 0.122 e. The minimum absolute atomic E-state index is 0.0793. The molecule has 0 atom stereocenters. The van der Waals surface area contributed by atoms with Crippen LogP contribution in [0.1, 0.15) is 188 Å². The zero-order valence-corrected chi connectivity index (χ0v) is 38.3. The number of nitrogens with zero attached hydrogens (tertiary/aromatic N) is 2. The molecule has 2 aliphatic heterocycles. The summed E-state index contributed by atoms with van der Waals surface area (Å²) >= 11 is 0. The maximum atomic E-state index is 12.7. The quantitative estimate of drug-likeness (QED) is 0.187. The second-order valence-electron chi connectivity index (χ2n) is 22.4. The molecule has 0 unspecified atom stereocenters. The number of hydrogen-bond acceptors (Lipinski definition) is 4. The van der Waals surface area contributed by atoms with E-state index >= 15 is 0 Å². The van der Waals surface area contributed by atoms with E-state index in [9.17, 15) is 10.2 Å². The number of anilines is 2. The minimum atomic E-state index is -0.0920. The number of hydrogen-bond donors (Lipinski definition) is 2. The van der Waals surface area contributed by atoms with Crippen LogP contribution in [0.3, 0.4) is 0 Å². The van der Waals surface area contributed by atoms with Crippen molar-refractivity contribution in [2.45, 2.75) is 169 Å². The maximum Gasteiger partial charge on any atom is 0.122 e. The van der Waals surface area contributed by atoms with E-state index in [1.165, 1.54) is 94.4 Å². The molecule has 2 heterocycles. The first-order chi connectivity index (χ1) is 27.1. The summed E-state index contributed by atoms with van der Waals surface area (Å²) in [6, 6.07) is 19.0. The molecule has 4 heteroatoms. The van der Waals surface area contributed by atoms with Crippen molar-refractivity contribution in [3.05, 3.63) is 115 Å². The van der Waals surface area contributed by atoms with Crippen molar-refractivity contribution in [3.8, 4) is 11.5 Å². The van der Waals surface area contributed by atoms with Crippen LogP contribution in [0, 0.1) is 0 Å². The van der Waals surface area contributed by atoms with Crippen molar-refractivity contribution >= 4 is 11.4 Å². The molecule has 0 amide bonds. The van der Waals surface area contributed by atoms with Crippen LogP contribution in [0.5, 0.6) is 11.5 Å². The van der Waals surface area contributed by atoms with E-state index in [0.717, 1.165) is 48.4 Å². The van der Waals surface area contributed by atoms with Crippen LogP contribution in [-0.2, 0) is 47.3 Å². The highest BCUT2D eigenvalue weighted by atomic mass is 16.3. The van der Waals surface area contributed by atoms with E-state index < -0.39 is 0 Å². The molecule has 4 aromatic rings. The summed E-state index contributed by atoms with van der Waals surface area (Å²) in [7, 11) is 0. The summed E-state index contributed by atoms with van der Waals surface area (Å²) in [6.07, 6.45) is 9.83. The molecule has 7 rings (SSSR count). The predicted octanol–water partition coefficient (Wildman–Crippen LogP) is 12.9. The average molecular weight is 783 g/mol. The molecule has 0 aromatic heterocycles. The number of aromatic hydroxyl groups is 2. The molecule has 0 saturated carbocycles. The molecule has 4 aromatic carbocycles. The Morgan fingerprint density at radius 2 is 0.534 bits per heavy atom. The maximum absolute atomic E-state index is 12.7. The Balaban J connectivity index is 1.60. The number of rotatable bonds is 2. The summed E-state index contributed by atoms with van der Waals surface area (Å²) in [5.41, 5.74) is 16.6. The van der Waals surface area contributed by atoms with Crippen molar-refractivity contribution in [3.63, 3.8) is 0 Å². The van der Waals surface area contributed by atoms with E-state index in [0.29, 0.717) is 37.2 Å². The number of phenolic OH excluding ortho intramolecular Hbond substituents is 2. The molecular weight excluding hydrogens is 709 g/mol. The first-order valence-electron chi connectivity index (χ1n) is 22.6. The summed E-state index contributed by atoms with van der Waals surface area (Å²) < 4.78 is 0. The van der Waals surface area contributed by atoms with Gasteiger partial charge in [0.25, 0.3) is 0 Å². The highest BCUT2D eigenvalue weighted by Crippen LogP contribution is 2.44. The van der Waals surface area contributed by atoms with Gasteiger partial charge in [-0.15, -0.1) is 0 Å². The lowest BCUT2D eigenvalue weighted by Gasteiger charge is -2.35. The van der Waals surface area contributed by atoms with Gasteiger partial charge in [0.05, 0.1) is 0 Å². The number of fused-ring (bicyclic) bond motifs is 8. The van der Waals surface area contributed by atoms with Crippen LogP contribution in [0.25, 0.3) is 0 Å². The lowest BCUT2D eigenvalue weighted by molar-refractivity contribution is 0.461. The predicted molar refractivity (Wildman–Crippen MR) is 247 cm³/mol. The third-order valence-corrected chi connectivity index (χ3v) is 13.4. The molecule has 0 spiro atoms. The number of phenols is 2. The Hall–Kier alpha value is -3.92. The monoisotopic (exact) mass is 783 g/mol. The van der Waals surface area contributed by atoms with E-state index in [4.69, 9.17) is 0 Å². The zero-order chi connectivity index (χ0) is 41.9. The van der Waals surface area contributed by atoms with Gasteiger partial charge in [-0.05, 0) is 127 Å². The molecule has 58 heavy (non-hydrogen) atoms. The molecule has 1 aliphatic carbocycles. The minimum Gasteiger partial charge on any atom is -0.507 e. The van der Waals surface area contributed by atoms with E-state index in [2.05, 4.69) is 141 Å². The van der Waals surface area contributed by atoms with Gasteiger partial charge in [0.15, 0.2) is 0 Å². The van der Waals surface area contributed by atoms with Gasteiger partial charge >= 0.3 is 0 Å². The van der Waals surface area contributed by atoms with Crippen LogP contribution in [0.2, 0.25) is 0 Å². The standard InChI is InChI=1S/C54H74N2O2/c1-51(2,3)43-27-35-23-39-31-45(53(7,8)9)33-41(49(39)57)25-37-29-44(52(4,5)6)30-38(48(37)56-21-17-14-18-22-56)26-42-34-46(54(10,11)12)32-40(50(42)58)24-36(28-43)47(35)55-19-15-13-16-20-55/h27-34,57-58H,13-26H2,1-12H3. The summed E-state index contributed by atoms with van der Waals surface area (Å²) in [6.45, 7) is 31.8. The van der Waals surface area contributed by atoms with Crippen molar-refractivity contribution in [1.29, 1.82) is 0 Å². The van der Waals surface area contributed by atoms with Gasteiger partial charge in [-0.2, -0.15) is 0 Å². The van der Waals surface area contributed by atoms with Gasteiger partial charge in [-0.1, -0.05) is 132 Å². The van der Waals surface area contributed by atoms with E-state index in [-0.39, 0.29) is 21.7 Å². The molecule has 2 N–H and O–H groups in total. The fraction of sp³-hybridized carbons (Fsp3) is 0.556. The number of piperidine rings is 2. The Morgan fingerprint density at radius 3 is 0.741 bits per heavy atom. The molecular formula is C54H74N2O2. The van der Waals surface area contributed by atoms with Crippen LogP contribution >= 0.6 is 0 Å². The highest BCUT2D eigenvalue weighted by molar-refractivity contribution is 5.69. The van der Waals surface area contributed by atoms with Crippen LogP contribution in [-0.4, -0.2) is 36.4 Å². The molecule has 0 radical (unpaired) electrons. The molecule has 4 nitrogen and oxygen atoms in total. The average Bonchev–Trinajstić information content (AvgIpc) is 3.13. The molecule has 2 saturated heterocycles. The van der Waals surface area contributed by atoms with Crippen molar-refractivity contribution < 1.29 is 10.2 Å². The lowest BCUT2D eigenvalue weighted by atomic mass is 9.78. The summed E-state index contributed by atoms with van der Waals surface area (Å²) in [5.74, 6) is 0.884. The van der Waals surface area contributed by atoms with Gasteiger partial charge in [-0.3, -0.25) is 0 Å². The van der Waals surface area contributed by atoms with Gasteiger partial charge in [-0.25, -0.2) is 0 Å². The van der Waals surface area contributed by atoms with Crippen LogP contribution in [0.15, 0.2) is 48.5 Å². The zero-order valence-electron chi connectivity index (χ0n) is 38.3. The van der Waals surface area contributed by atoms with Gasteiger partial charge < -0.3 is 20.0 Å². The first kappa shape index (κ1) is 42.2. The Kier molecular flexibility index (Phi) is 11.4. The van der Waals surface area contributed by atoms with Gasteiger partial charge in [0.2, 0.25) is 0 Å². The Morgan fingerprint density at radius 1 is 0.328 bits per heavy atom. The molecule has 3 aliphatic rings. The topological polar surface area (TPSA) is 46.9 Å². The van der Waals surface area contributed by atoms with Crippen molar-refractivity contribution in [2.24, 2.45) is 0 Å². The van der Waals surface area contributed by atoms with Crippen LogP contribution in [0.4, 0.5) is 11.4 Å². The van der Waals surface area contributed by atoms with Crippen molar-refractivity contribution in [1.82, 2.24) is 0 Å². The third-order valence-electron chi connectivity index (χ3n) is 13.4. The summed E-state index contributed by atoms with van der Waals surface area (Å²) in [5, 5.41) is 25.3. The number of benzene rings is 4. The van der Waals surface area contributed by atoms with E-state index in [1.807, 2.05) is 0 Å². The molecule has 312 valence electrons. The first-order valence-corrected chi connectivity index (χ1v) is 22.6. The normalized spacial score (nSPS) is 17.1. The fourth-order valence-corrected chi connectivity index (χ4v) is 9.72. The van der Waals surface area contributed by atoms with Crippen molar-refractivity contribution in [2.75, 3.05) is 36.0 Å².